The predicted molar refractivity (Wildman–Crippen MR) is 45.6 cm³/mol. The lowest BCUT2D eigenvalue weighted by molar-refractivity contribution is -0.0498. The summed E-state index contributed by atoms with van der Waals surface area (Å²) in [5.41, 5.74) is 3.24. The van der Waals surface area contributed by atoms with Crippen molar-refractivity contribution in [2.45, 2.75) is 13.5 Å². The zero-order valence-corrected chi connectivity index (χ0v) is 7.05. The molecule has 1 rings (SSSR count). The Labute approximate surface area is 74.5 Å². The first-order chi connectivity index (χ1) is 6.15. The predicted octanol–water partition coefficient (Wildman–Crippen LogP) is 1.88. The average Bonchev–Trinajstić information content (AvgIpc) is 2.08. The fourth-order valence-corrected chi connectivity index (χ4v) is 1.01. The molecule has 72 valence electrons. The number of rotatable bonds is 3. The lowest BCUT2D eigenvalue weighted by Crippen LogP contribution is -2.11. The molecule has 0 aliphatic heterocycles. The van der Waals surface area contributed by atoms with Crippen LogP contribution in [0.5, 0.6) is 5.75 Å². The van der Waals surface area contributed by atoms with Crippen molar-refractivity contribution in [2.75, 3.05) is 5.43 Å². The van der Waals surface area contributed by atoms with Crippen LogP contribution in [-0.2, 0) is 0 Å². The maximum absolute atomic E-state index is 11.9. The maximum atomic E-state index is 11.9. The number of hydrazine groups is 1. The number of benzene rings is 1. The fourth-order valence-electron chi connectivity index (χ4n) is 1.01. The van der Waals surface area contributed by atoms with Crippen molar-refractivity contribution < 1.29 is 13.5 Å². The molecule has 0 aliphatic rings. The van der Waals surface area contributed by atoms with Gasteiger partial charge < -0.3 is 10.2 Å². The Balaban J connectivity index is 3.00. The molecule has 1 aromatic rings. The van der Waals surface area contributed by atoms with Gasteiger partial charge in [0.1, 0.15) is 0 Å². The van der Waals surface area contributed by atoms with Gasteiger partial charge in [-0.05, 0) is 18.6 Å². The van der Waals surface area contributed by atoms with E-state index in [4.69, 9.17) is 5.84 Å². The molecule has 0 bridgehead atoms. The van der Waals surface area contributed by atoms with Gasteiger partial charge >= 0.3 is 6.61 Å². The van der Waals surface area contributed by atoms with Crippen LogP contribution in [0, 0.1) is 6.92 Å². The minimum absolute atomic E-state index is 0.0833. The molecule has 0 radical (unpaired) electrons. The molecule has 0 aliphatic carbocycles. The fraction of sp³-hybridized carbons (Fsp3) is 0.250. The number of nitrogens with two attached hydrogens (primary N) is 1. The number of hydrogen-bond donors (Lipinski definition) is 2. The molecular formula is C8H10F2N2O. The molecule has 0 fully saturated rings. The molecule has 5 heteroatoms. The van der Waals surface area contributed by atoms with Crippen molar-refractivity contribution >= 4 is 5.69 Å². The number of nitrogen functional groups attached to an aromatic ring is 1. The monoisotopic (exact) mass is 188 g/mol. The highest BCUT2D eigenvalue weighted by molar-refractivity contribution is 5.59. The number of aryl methyl sites for hydroxylation is 1. The first kappa shape index (κ1) is 9.73. The third-order valence-corrected chi connectivity index (χ3v) is 1.57. The lowest BCUT2D eigenvalue weighted by atomic mass is 10.2. The Morgan fingerprint density at radius 2 is 2.15 bits per heavy atom. The molecule has 0 saturated heterocycles. The van der Waals surface area contributed by atoms with Crippen LogP contribution in [0.25, 0.3) is 0 Å². The molecule has 3 nitrogen and oxygen atoms in total. The largest absolute Gasteiger partial charge is 0.432 e. The van der Waals surface area contributed by atoms with Gasteiger partial charge in [-0.1, -0.05) is 12.1 Å². The van der Waals surface area contributed by atoms with Gasteiger partial charge in [-0.2, -0.15) is 8.78 Å². The summed E-state index contributed by atoms with van der Waals surface area (Å²) >= 11 is 0. The summed E-state index contributed by atoms with van der Waals surface area (Å²) in [4.78, 5) is 0. The molecule has 0 unspecified atom stereocenters. The molecule has 0 spiro atoms. The van der Waals surface area contributed by atoms with Crippen molar-refractivity contribution in [3.8, 4) is 5.75 Å². The third kappa shape index (κ3) is 2.29. The van der Waals surface area contributed by atoms with Gasteiger partial charge in [0.15, 0.2) is 5.75 Å². The van der Waals surface area contributed by atoms with E-state index >= 15 is 0 Å². The minimum atomic E-state index is -2.84. The van der Waals surface area contributed by atoms with Crippen LogP contribution in [0.4, 0.5) is 14.5 Å². The van der Waals surface area contributed by atoms with Crippen LogP contribution in [-0.4, -0.2) is 6.61 Å². The van der Waals surface area contributed by atoms with Crippen LogP contribution in [0.1, 0.15) is 5.56 Å². The first-order valence-corrected chi connectivity index (χ1v) is 3.66. The maximum Gasteiger partial charge on any atom is 0.387 e. The summed E-state index contributed by atoms with van der Waals surface area (Å²) in [5.74, 6) is 5.20. The number of halogens is 2. The van der Waals surface area contributed by atoms with Gasteiger partial charge in [0.2, 0.25) is 0 Å². The summed E-state index contributed by atoms with van der Waals surface area (Å²) < 4.78 is 28.1. The molecular weight excluding hydrogens is 178 g/mol. The zero-order valence-electron chi connectivity index (χ0n) is 7.05. The molecule has 1 aromatic carbocycles. The van der Waals surface area contributed by atoms with Crippen LogP contribution in [0.2, 0.25) is 0 Å². The normalized spacial score (nSPS) is 10.2. The van der Waals surface area contributed by atoms with Gasteiger partial charge in [-0.3, -0.25) is 5.84 Å². The molecule has 13 heavy (non-hydrogen) atoms. The van der Waals surface area contributed by atoms with Gasteiger partial charge in [0, 0.05) is 0 Å². The van der Waals surface area contributed by atoms with E-state index in [0.29, 0.717) is 11.3 Å². The second kappa shape index (κ2) is 4.04. The van der Waals surface area contributed by atoms with Gasteiger partial charge in [-0.25, -0.2) is 0 Å². The second-order valence-corrected chi connectivity index (χ2v) is 2.47. The molecule has 0 aromatic heterocycles. The molecule has 0 saturated carbocycles. The van der Waals surface area contributed by atoms with E-state index in [9.17, 15) is 8.78 Å². The summed E-state index contributed by atoms with van der Waals surface area (Å²) in [6, 6.07) is 4.92. The topological polar surface area (TPSA) is 47.3 Å². The number of alkyl halides is 2. The molecule has 3 N–H and O–H groups in total. The van der Waals surface area contributed by atoms with E-state index in [1.807, 2.05) is 0 Å². The van der Waals surface area contributed by atoms with Crippen molar-refractivity contribution in [3.63, 3.8) is 0 Å². The third-order valence-electron chi connectivity index (χ3n) is 1.57. The molecule has 0 heterocycles. The zero-order chi connectivity index (χ0) is 9.84. The smallest absolute Gasteiger partial charge is 0.387 e. The highest BCUT2D eigenvalue weighted by atomic mass is 19.3. The number of hydrogen-bond acceptors (Lipinski definition) is 3. The van der Waals surface area contributed by atoms with Gasteiger partial charge in [0.05, 0.1) is 5.69 Å². The number of nitrogens with one attached hydrogen (secondary N) is 1. The Hall–Kier alpha value is -1.36. The van der Waals surface area contributed by atoms with E-state index in [2.05, 4.69) is 10.2 Å². The van der Waals surface area contributed by atoms with Crippen molar-refractivity contribution in [3.05, 3.63) is 23.8 Å². The Morgan fingerprint density at radius 1 is 1.46 bits per heavy atom. The first-order valence-electron chi connectivity index (χ1n) is 3.66. The van der Waals surface area contributed by atoms with E-state index in [0.717, 1.165) is 0 Å². The van der Waals surface area contributed by atoms with Crippen molar-refractivity contribution in [1.29, 1.82) is 0 Å². The summed E-state index contributed by atoms with van der Waals surface area (Å²) in [6.45, 7) is -1.17. The summed E-state index contributed by atoms with van der Waals surface area (Å²) in [5, 5.41) is 0. The quantitative estimate of drug-likeness (QED) is 0.562. The van der Waals surface area contributed by atoms with E-state index < -0.39 is 6.61 Å². The van der Waals surface area contributed by atoms with Crippen molar-refractivity contribution in [2.24, 2.45) is 5.84 Å². The van der Waals surface area contributed by atoms with Crippen LogP contribution in [0.15, 0.2) is 18.2 Å². The second-order valence-electron chi connectivity index (χ2n) is 2.47. The van der Waals surface area contributed by atoms with Crippen molar-refractivity contribution in [1.82, 2.24) is 0 Å². The summed E-state index contributed by atoms with van der Waals surface area (Å²) in [6.07, 6.45) is 0. The van der Waals surface area contributed by atoms with Crippen LogP contribution in [0.3, 0.4) is 0 Å². The number of anilines is 1. The highest BCUT2D eigenvalue weighted by Crippen LogP contribution is 2.28. The van der Waals surface area contributed by atoms with Crippen LogP contribution >= 0.6 is 0 Å². The Bertz CT molecular complexity index is 291. The van der Waals surface area contributed by atoms with Gasteiger partial charge in [0.25, 0.3) is 0 Å². The minimum Gasteiger partial charge on any atom is -0.432 e. The van der Waals surface area contributed by atoms with Crippen LogP contribution < -0.4 is 16.0 Å². The average molecular weight is 188 g/mol. The Kier molecular flexibility index (Phi) is 3.02. The SMILES string of the molecule is Cc1cccc(NN)c1OC(F)F. The number of para-hydroxylation sites is 1. The van der Waals surface area contributed by atoms with E-state index in [1.165, 1.54) is 0 Å². The Morgan fingerprint density at radius 3 is 2.69 bits per heavy atom. The van der Waals surface area contributed by atoms with E-state index in [1.54, 1.807) is 25.1 Å². The lowest BCUT2D eigenvalue weighted by Gasteiger charge is -2.12. The molecule has 0 atom stereocenters. The summed E-state index contributed by atoms with van der Waals surface area (Å²) in [7, 11) is 0. The number of ether oxygens (including phenoxy) is 1. The highest BCUT2D eigenvalue weighted by Gasteiger charge is 2.10. The standard InChI is InChI=1S/C8H10F2N2O/c1-5-3-2-4-6(12-11)7(5)13-8(9)10/h2-4,8,12H,11H2,1H3. The van der Waals surface area contributed by atoms with Gasteiger partial charge in [-0.15, -0.1) is 0 Å². The van der Waals surface area contributed by atoms with E-state index in [-0.39, 0.29) is 5.75 Å². The molecule has 0 amide bonds.